The fourth-order valence-electron chi connectivity index (χ4n) is 1.20. The molecule has 0 aromatic carbocycles. The molecule has 1 aromatic rings. The number of rotatable bonds is 4. The lowest BCUT2D eigenvalue weighted by Gasteiger charge is -2.08. The second-order valence-electron chi connectivity index (χ2n) is 3.72. The maximum Gasteiger partial charge on any atom is 0.147 e. The minimum absolute atomic E-state index is 0.438. The van der Waals surface area contributed by atoms with Gasteiger partial charge in [0.25, 0.3) is 0 Å². The van der Waals surface area contributed by atoms with E-state index in [-0.39, 0.29) is 0 Å². The van der Waals surface area contributed by atoms with Crippen molar-refractivity contribution in [2.75, 3.05) is 7.11 Å². The SMILES string of the molecule is COCc1nc(CC(C)C)nc(Cl)c1Br. The molecule has 0 aliphatic rings. The van der Waals surface area contributed by atoms with Crippen LogP contribution in [-0.2, 0) is 17.8 Å². The second-order valence-corrected chi connectivity index (χ2v) is 4.87. The molecule has 0 bridgehead atoms. The third-order valence-electron chi connectivity index (χ3n) is 1.80. The van der Waals surface area contributed by atoms with Crippen molar-refractivity contribution in [2.24, 2.45) is 5.92 Å². The van der Waals surface area contributed by atoms with E-state index >= 15 is 0 Å². The number of aromatic nitrogens is 2. The van der Waals surface area contributed by atoms with Gasteiger partial charge >= 0.3 is 0 Å². The van der Waals surface area contributed by atoms with Gasteiger partial charge in [0.2, 0.25) is 0 Å². The molecule has 0 amide bonds. The predicted octanol–water partition coefficient (Wildman–Crippen LogP) is 3.24. The van der Waals surface area contributed by atoms with Crippen LogP contribution in [0.2, 0.25) is 5.15 Å². The van der Waals surface area contributed by atoms with Gasteiger partial charge in [-0.05, 0) is 21.8 Å². The van der Waals surface area contributed by atoms with Crippen LogP contribution in [0.5, 0.6) is 0 Å². The standard InChI is InChI=1S/C10H14BrClN2O/c1-6(2)4-8-13-7(5-15-3)9(11)10(12)14-8/h6H,4-5H2,1-3H3. The van der Waals surface area contributed by atoms with Crippen LogP contribution in [0.25, 0.3) is 0 Å². The van der Waals surface area contributed by atoms with E-state index < -0.39 is 0 Å². The monoisotopic (exact) mass is 292 g/mol. The van der Waals surface area contributed by atoms with E-state index in [1.54, 1.807) is 7.11 Å². The number of hydrogen-bond donors (Lipinski definition) is 0. The van der Waals surface area contributed by atoms with Crippen LogP contribution >= 0.6 is 27.5 Å². The summed E-state index contributed by atoms with van der Waals surface area (Å²) in [6.45, 7) is 4.68. The van der Waals surface area contributed by atoms with Gasteiger partial charge in [-0.3, -0.25) is 0 Å². The van der Waals surface area contributed by atoms with E-state index in [4.69, 9.17) is 16.3 Å². The normalized spacial score (nSPS) is 11.1. The van der Waals surface area contributed by atoms with Crippen molar-refractivity contribution >= 4 is 27.5 Å². The molecule has 0 unspecified atom stereocenters. The molecule has 0 spiro atoms. The van der Waals surface area contributed by atoms with Gasteiger partial charge in [-0.2, -0.15) is 0 Å². The molecule has 84 valence electrons. The molecule has 0 N–H and O–H groups in total. The summed E-state index contributed by atoms with van der Waals surface area (Å²) in [5, 5.41) is 0.452. The Morgan fingerprint density at radius 3 is 2.60 bits per heavy atom. The minimum atomic E-state index is 0.438. The molecule has 0 saturated heterocycles. The molecule has 15 heavy (non-hydrogen) atoms. The average molecular weight is 294 g/mol. The quantitative estimate of drug-likeness (QED) is 0.799. The van der Waals surface area contributed by atoms with Crippen molar-refractivity contribution in [1.29, 1.82) is 0 Å². The van der Waals surface area contributed by atoms with Gasteiger partial charge in [-0.15, -0.1) is 0 Å². The summed E-state index contributed by atoms with van der Waals surface area (Å²) in [4.78, 5) is 8.60. The molecule has 0 aliphatic carbocycles. The van der Waals surface area contributed by atoms with Crippen molar-refractivity contribution in [3.05, 3.63) is 21.1 Å². The molecule has 0 saturated carbocycles. The lowest BCUT2D eigenvalue weighted by Crippen LogP contribution is -2.05. The highest BCUT2D eigenvalue weighted by molar-refractivity contribution is 9.10. The van der Waals surface area contributed by atoms with Crippen LogP contribution in [0.1, 0.15) is 25.4 Å². The molecular weight excluding hydrogens is 279 g/mol. The summed E-state index contributed by atoms with van der Waals surface area (Å²) in [5.41, 5.74) is 0.799. The number of halogens is 2. The summed E-state index contributed by atoms with van der Waals surface area (Å²) in [6.07, 6.45) is 0.823. The molecule has 1 aromatic heterocycles. The highest BCUT2D eigenvalue weighted by Gasteiger charge is 2.11. The van der Waals surface area contributed by atoms with Crippen LogP contribution in [0.15, 0.2) is 4.47 Å². The lowest BCUT2D eigenvalue weighted by atomic mass is 10.1. The van der Waals surface area contributed by atoms with Gasteiger partial charge in [0.05, 0.1) is 16.8 Å². The zero-order valence-electron chi connectivity index (χ0n) is 9.05. The number of ether oxygens (including phenoxy) is 1. The molecule has 0 atom stereocenters. The summed E-state index contributed by atoms with van der Waals surface area (Å²) < 4.78 is 5.77. The Kier molecular flexibility index (Phi) is 4.96. The number of nitrogens with zero attached hydrogens (tertiary/aromatic N) is 2. The minimum Gasteiger partial charge on any atom is -0.378 e. The predicted molar refractivity (Wildman–Crippen MR) is 64.0 cm³/mol. The molecule has 1 heterocycles. The Bertz CT molecular complexity index is 344. The largest absolute Gasteiger partial charge is 0.378 e. The van der Waals surface area contributed by atoms with Gasteiger partial charge in [-0.25, -0.2) is 9.97 Å². The van der Waals surface area contributed by atoms with E-state index in [0.717, 1.165) is 22.4 Å². The maximum absolute atomic E-state index is 5.98. The summed E-state index contributed by atoms with van der Waals surface area (Å²) in [6, 6.07) is 0. The third-order valence-corrected chi connectivity index (χ3v) is 3.13. The summed E-state index contributed by atoms with van der Waals surface area (Å²) in [5.74, 6) is 1.28. The molecule has 5 heteroatoms. The van der Waals surface area contributed by atoms with E-state index in [0.29, 0.717) is 17.7 Å². The molecule has 0 fully saturated rings. The molecule has 1 rings (SSSR count). The van der Waals surface area contributed by atoms with Crippen molar-refractivity contribution in [1.82, 2.24) is 9.97 Å². The van der Waals surface area contributed by atoms with Crippen LogP contribution in [0.4, 0.5) is 0 Å². The Labute approximate surface area is 103 Å². The first kappa shape index (κ1) is 12.9. The van der Waals surface area contributed by atoms with Gasteiger partial charge in [0, 0.05) is 13.5 Å². The van der Waals surface area contributed by atoms with Gasteiger partial charge in [-0.1, -0.05) is 25.4 Å². The summed E-state index contributed by atoms with van der Waals surface area (Å²) >= 11 is 9.33. The molecular formula is C10H14BrClN2O. The first-order chi connectivity index (χ1) is 7.04. The van der Waals surface area contributed by atoms with E-state index in [9.17, 15) is 0 Å². The van der Waals surface area contributed by atoms with Gasteiger partial charge in [0.15, 0.2) is 0 Å². The van der Waals surface area contributed by atoms with Crippen molar-refractivity contribution in [2.45, 2.75) is 26.9 Å². The van der Waals surface area contributed by atoms with E-state index in [1.807, 2.05) is 0 Å². The topological polar surface area (TPSA) is 35.0 Å². The van der Waals surface area contributed by atoms with Crippen LogP contribution < -0.4 is 0 Å². The summed E-state index contributed by atoms with van der Waals surface area (Å²) in [7, 11) is 1.63. The highest BCUT2D eigenvalue weighted by atomic mass is 79.9. The fourth-order valence-corrected chi connectivity index (χ4v) is 1.70. The molecule has 3 nitrogen and oxygen atoms in total. The average Bonchev–Trinajstić information content (AvgIpc) is 2.12. The molecule has 0 radical (unpaired) electrons. The van der Waals surface area contributed by atoms with Crippen molar-refractivity contribution in [3.63, 3.8) is 0 Å². The van der Waals surface area contributed by atoms with E-state index in [2.05, 4.69) is 39.7 Å². The van der Waals surface area contributed by atoms with Crippen LogP contribution in [0, 0.1) is 5.92 Å². The van der Waals surface area contributed by atoms with Crippen molar-refractivity contribution < 1.29 is 4.74 Å². The Hall–Kier alpha value is -0.190. The fraction of sp³-hybridized carbons (Fsp3) is 0.600. The Morgan fingerprint density at radius 1 is 1.40 bits per heavy atom. The van der Waals surface area contributed by atoms with Gasteiger partial charge < -0.3 is 4.74 Å². The first-order valence-corrected chi connectivity index (χ1v) is 5.91. The Morgan fingerprint density at radius 2 is 2.07 bits per heavy atom. The number of methoxy groups -OCH3 is 1. The van der Waals surface area contributed by atoms with Crippen molar-refractivity contribution in [3.8, 4) is 0 Å². The smallest absolute Gasteiger partial charge is 0.147 e. The van der Waals surface area contributed by atoms with Gasteiger partial charge in [0.1, 0.15) is 11.0 Å². The second kappa shape index (κ2) is 5.77. The van der Waals surface area contributed by atoms with Crippen LogP contribution in [-0.4, -0.2) is 17.1 Å². The maximum atomic E-state index is 5.98. The molecule has 0 aliphatic heterocycles. The zero-order chi connectivity index (χ0) is 11.4. The van der Waals surface area contributed by atoms with Crippen LogP contribution in [0.3, 0.4) is 0 Å². The third kappa shape index (κ3) is 3.70. The zero-order valence-corrected chi connectivity index (χ0v) is 11.4. The highest BCUT2D eigenvalue weighted by Crippen LogP contribution is 2.24. The van der Waals surface area contributed by atoms with E-state index in [1.165, 1.54) is 0 Å². The lowest BCUT2D eigenvalue weighted by molar-refractivity contribution is 0.180. The first-order valence-electron chi connectivity index (χ1n) is 4.74. The Balaban J connectivity index is 3.00. The number of hydrogen-bond acceptors (Lipinski definition) is 3.